The van der Waals surface area contributed by atoms with E-state index >= 15 is 0 Å². The third-order valence-electron chi connectivity index (χ3n) is 1.74. The number of nitrogens with zero attached hydrogens (tertiary/aromatic N) is 3. The number of aliphatic hydroxyl groups excluding tert-OH is 3. The minimum Gasteiger partial charge on any atom is -0.790 e. The summed E-state index contributed by atoms with van der Waals surface area (Å²) in [6, 6.07) is 0. The van der Waals surface area contributed by atoms with Crippen molar-refractivity contribution in [2.45, 2.75) is 18.3 Å². The summed E-state index contributed by atoms with van der Waals surface area (Å²) < 4.78 is 13.6. The van der Waals surface area contributed by atoms with Gasteiger partial charge in [-0.1, -0.05) is 5.11 Å². The van der Waals surface area contributed by atoms with Gasteiger partial charge >= 0.3 is 0 Å². The van der Waals surface area contributed by atoms with Crippen LogP contribution in [0.1, 0.15) is 0 Å². The molecule has 3 N–H and O–H groups in total. The van der Waals surface area contributed by atoms with Crippen molar-refractivity contribution in [3.8, 4) is 0 Å². The van der Waals surface area contributed by atoms with Crippen molar-refractivity contribution in [1.29, 1.82) is 0 Å². The van der Waals surface area contributed by atoms with E-state index in [0.717, 1.165) is 0 Å². The molecule has 0 amide bonds. The zero-order valence-corrected chi connectivity index (χ0v) is 9.71. The lowest BCUT2D eigenvalue weighted by atomic mass is 10.1. The Bertz CT molecular complexity index is 377. The van der Waals surface area contributed by atoms with Crippen molar-refractivity contribution in [1.82, 2.24) is 0 Å². The first-order chi connectivity index (χ1) is 8.19. The van der Waals surface area contributed by atoms with E-state index in [1.807, 2.05) is 0 Å². The van der Waals surface area contributed by atoms with Crippen LogP contribution in [0.3, 0.4) is 0 Å². The molecule has 0 rings (SSSR count). The maximum absolute atomic E-state index is 11.1. The maximum atomic E-state index is 11.1. The van der Waals surface area contributed by atoms with Crippen LogP contribution >= 0.6 is 7.82 Å². The molecule has 0 aromatic heterocycles. The summed E-state index contributed by atoms with van der Waals surface area (Å²) >= 11 is 0. The average Bonchev–Trinajstić information content (AvgIpc) is 2.29. The Morgan fingerprint density at radius 1 is 1.44 bits per heavy atom. The Kier molecular flexibility index (Phi) is 6.99. The summed E-state index contributed by atoms with van der Waals surface area (Å²) in [5, 5.41) is 30.5. The second-order valence-corrected chi connectivity index (χ2v) is 4.26. The van der Waals surface area contributed by atoms with Crippen molar-refractivity contribution >= 4 is 13.6 Å². The van der Waals surface area contributed by atoms with Gasteiger partial charge < -0.3 is 34.2 Å². The molecule has 0 aliphatic rings. The zero-order chi connectivity index (χ0) is 14.3. The van der Waals surface area contributed by atoms with Crippen LogP contribution in [-0.2, 0) is 13.9 Å². The lowest BCUT2D eigenvalue weighted by Gasteiger charge is -2.29. The zero-order valence-electron chi connectivity index (χ0n) is 8.82. The van der Waals surface area contributed by atoms with Crippen molar-refractivity contribution < 1.29 is 39.0 Å². The molecule has 11 nitrogen and oxygen atoms in total. The van der Waals surface area contributed by atoms with Gasteiger partial charge in [0, 0.05) is 4.91 Å². The van der Waals surface area contributed by atoms with E-state index in [1.165, 1.54) is 0 Å². The van der Waals surface area contributed by atoms with Crippen LogP contribution < -0.4 is 9.79 Å². The number of phosphoric ester groups is 1. The molecule has 0 heterocycles. The molecule has 0 saturated heterocycles. The number of hydrogen-bond acceptors (Lipinski definition) is 9. The fourth-order valence-electron chi connectivity index (χ4n) is 0.857. The average molecular weight is 283 g/mol. The minimum atomic E-state index is -5.37. The summed E-state index contributed by atoms with van der Waals surface area (Å²) in [4.78, 5) is 33.4. The summed E-state index contributed by atoms with van der Waals surface area (Å²) in [5.74, 6) is -1.32. The Morgan fingerprint density at radius 2 is 2.00 bits per heavy atom. The fraction of sp³-hybridized carbons (Fsp3) is 0.833. The molecule has 1 unspecified atom stereocenters. The molecule has 0 aromatic carbocycles. The second kappa shape index (κ2) is 7.41. The molecule has 0 aliphatic carbocycles. The van der Waals surface area contributed by atoms with Crippen LogP contribution in [0.2, 0.25) is 0 Å². The van der Waals surface area contributed by atoms with E-state index in [0.29, 0.717) is 0 Å². The van der Waals surface area contributed by atoms with E-state index in [2.05, 4.69) is 14.5 Å². The molecule has 0 fully saturated rings. The Morgan fingerprint density at radius 3 is 2.44 bits per heavy atom. The van der Waals surface area contributed by atoms with E-state index in [9.17, 15) is 29.4 Å². The first-order valence-electron chi connectivity index (χ1n) is 4.43. The van der Waals surface area contributed by atoms with Crippen LogP contribution in [0, 0.1) is 0 Å². The number of carbonyl (C=O) groups is 1. The summed E-state index contributed by atoms with van der Waals surface area (Å²) in [6.45, 7) is -1.87. The van der Waals surface area contributed by atoms with Crippen molar-refractivity contribution in [3.05, 3.63) is 10.4 Å². The molecular formula is C6H10N3O8P-2. The summed E-state index contributed by atoms with van der Waals surface area (Å²) in [7, 11) is -5.37. The highest BCUT2D eigenvalue weighted by atomic mass is 31.2. The number of azide groups is 1. The predicted molar refractivity (Wildman–Crippen MR) is 50.6 cm³/mol. The SMILES string of the molecule is [N-]=[N+]=NCC(O)[C@H](O)[C@@H](O)C(=O)COP(=O)([O-])[O-]. The molecule has 0 bridgehead atoms. The van der Waals surface area contributed by atoms with Crippen LogP contribution in [0.4, 0.5) is 0 Å². The van der Waals surface area contributed by atoms with Crippen molar-refractivity contribution in [3.63, 3.8) is 0 Å². The van der Waals surface area contributed by atoms with E-state index in [1.54, 1.807) is 0 Å². The standard InChI is InChI=1S/C6H12N3O8P/c7-9-8-1-3(10)5(12)6(13)4(11)2-17-18(14,15)16/h3,5-6,10,12-13H,1-2H2,(H2,14,15,16)/p-2/t3?,5-,6-/m0/s1. The molecule has 0 aliphatic heterocycles. The fourth-order valence-corrected chi connectivity index (χ4v) is 1.14. The Labute approximate surface area is 100 Å². The monoisotopic (exact) mass is 283 g/mol. The number of aliphatic hydroxyl groups is 3. The normalized spacial score (nSPS) is 16.5. The van der Waals surface area contributed by atoms with Gasteiger partial charge in [0.05, 0.1) is 20.5 Å². The third kappa shape index (κ3) is 6.64. The van der Waals surface area contributed by atoms with E-state index in [-0.39, 0.29) is 0 Å². The number of phosphoric acid groups is 1. The summed E-state index contributed by atoms with van der Waals surface area (Å²) in [5.41, 5.74) is 7.93. The highest BCUT2D eigenvalue weighted by Crippen LogP contribution is 2.24. The topological polar surface area (TPSA) is 199 Å². The highest BCUT2D eigenvalue weighted by Gasteiger charge is 2.29. The largest absolute Gasteiger partial charge is 0.790 e. The number of ketones is 1. The molecule has 0 radical (unpaired) electrons. The van der Waals surface area contributed by atoms with Gasteiger partial charge in [-0.2, -0.15) is 0 Å². The molecule has 3 atom stereocenters. The maximum Gasteiger partial charge on any atom is 0.189 e. The Balaban J connectivity index is 4.35. The van der Waals surface area contributed by atoms with Gasteiger partial charge in [-0.05, 0) is 5.53 Å². The molecule has 12 heteroatoms. The van der Waals surface area contributed by atoms with Gasteiger partial charge in [0.15, 0.2) is 5.78 Å². The molecule has 0 aromatic rings. The van der Waals surface area contributed by atoms with Gasteiger partial charge in [0.2, 0.25) is 0 Å². The first-order valence-corrected chi connectivity index (χ1v) is 5.89. The lowest BCUT2D eigenvalue weighted by Crippen LogP contribution is -2.45. The Hall–Kier alpha value is -1.03. The molecule has 0 saturated carbocycles. The first kappa shape index (κ1) is 17.0. The summed E-state index contributed by atoms with van der Waals surface area (Å²) in [6.07, 6.45) is -5.92. The van der Waals surface area contributed by atoms with Crippen LogP contribution in [0.15, 0.2) is 5.11 Å². The molecule has 104 valence electrons. The van der Waals surface area contributed by atoms with Crippen molar-refractivity contribution in [2.24, 2.45) is 5.11 Å². The smallest absolute Gasteiger partial charge is 0.189 e. The van der Waals surface area contributed by atoms with Gasteiger partial charge in [-0.3, -0.25) is 4.79 Å². The lowest BCUT2D eigenvalue weighted by molar-refractivity contribution is -0.341. The van der Waals surface area contributed by atoms with Gasteiger partial charge in [-0.15, -0.1) is 0 Å². The predicted octanol–water partition coefficient (Wildman–Crippen LogP) is -3.21. The van der Waals surface area contributed by atoms with E-state index in [4.69, 9.17) is 10.6 Å². The number of Topliss-reactive ketones (excluding diaryl/α,β-unsaturated/α-hetero) is 1. The number of hydrogen-bond donors (Lipinski definition) is 3. The number of rotatable bonds is 8. The number of carbonyl (C=O) groups excluding carboxylic acids is 1. The highest BCUT2D eigenvalue weighted by molar-refractivity contribution is 7.43. The molecule has 18 heavy (non-hydrogen) atoms. The van der Waals surface area contributed by atoms with Crippen LogP contribution in [-0.4, -0.2) is 52.6 Å². The third-order valence-corrected chi connectivity index (χ3v) is 2.19. The quantitative estimate of drug-likeness (QED) is 0.179. The molecule has 0 spiro atoms. The minimum absolute atomic E-state index is 0.607. The van der Waals surface area contributed by atoms with Crippen LogP contribution in [0.5, 0.6) is 0 Å². The molecular weight excluding hydrogens is 273 g/mol. The van der Waals surface area contributed by atoms with Gasteiger partial charge in [0.25, 0.3) is 0 Å². The van der Waals surface area contributed by atoms with E-state index < -0.39 is 45.1 Å². The van der Waals surface area contributed by atoms with Crippen molar-refractivity contribution in [2.75, 3.05) is 13.2 Å². The van der Waals surface area contributed by atoms with Crippen LogP contribution in [0.25, 0.3) is 10.4 Å². The second-order valence-electron chi connectivity index (χ2n) is 3.10. The van der Waals surface area contributed by atoms with Gasteiger partial charge in [0.1, 0.15) is 18.8 Å². The van der Waals surface area contributed by atoms with Gasteiger partial charge in [-0.25, -0.2) is 0 Å².